The SMILES string of the molecule is COC(=O)c1ccc(-n2cc(C#N)c(-c3ccccc3F)c2)cc1. The van der Waals surface area contributed by atoms with Gasteiger partial charge in [0.05, 0.1) is 18.2 Å². The molecule has 0 aliphatic heterocycles. The van der Waals surface area contributed by atoms with E-state index < -0.39 is 5.97 Å². The molecule has 24 heavy (non-hydrogen) atoms. The molecule has 0 amide bonds. The lowest BCUT2D eigenvalue weighted by Gasteiger charge is -2.04. The summed E-state index contributed by atoms with van der Waals surface area (Å²) in [5.41, 5.74) is 2.45. The fraction of sp³-hybridized carbons (Fsp3) is 0.0526. The van der Waals surface area contributed by atoms with Crippen molar-refractivity contribution in [3.05, 3.63) is 77.9 Å². The van der Waals surface area contributed by atoms with Gasteiger partial charge in [-0.05, 0) is 30.3 Å². The lowest BCUT2D eigenvalue weighted by atomic mass is 10.1. The van der Waals surface area contributed by atoms with Crippen molar-refractivity contribution < 1.29 is 13.9 Å². The minimum Gasteiger partial charge on any atom is -0.465 e. The van der Waals surface area contributed by atoms with Crippen LogP contribution in [0.4, 0.5) is 4.39 Å². The normalized spacial score (nSPS) is 10.2. The first-order chi connectivity index (χ1) is 11.6. The van der Waals surface area contributed by atoms with E-state index in [1.165, 1.54) is 13.2 Å². The van der Waals surface area contributed by atoms with Crippen LogP contribution in [0.3, 0.4) is 0 Å². The zero-order chi connectivity index (χ0) is 17.1. The standard InChI is InChI=1S/C19H13FN2O2/c1-24-19(23)13-6-8-15(9-7-13)22-11-14(10-21)17(12-22)16-4-2-3-5-18(16)20/h2-9,11-12H,1H3. The number of nitrogens with zero attached hydrogens (tertiary/aromatic N) is 2. The number of hydrogen-bond acceptors (Lipinski definition) is 3. The predicted molar refractivity (Wildman–Crippen MR) is 87.2 cm³/mol. The largest absolute Gasteiger partial charge is 0.465 e. The third-order valence-corrected chi connectivity index (χ3v) is 3.70. The average Bonchev–Trinajstić information content (AvgIpc) is 3.05. The Hall–Kier alpha value is -3.39. The molecule has 0 fully saturated rings. The maximum Gasteiger partial charge on any atom is 0.337 e. The molecular weight excluding hydrogens is 307 g/mol. The van der Waals surface area contributed by atoms with Crippen LogP contribution >= 0.6 is 0 Å². The summed E-state index contributed by atoms with van der Waals surface area (Å²) in [6.07, 6.45) is 3.33. The molecule has 0 atom stereocenters. The molecule has 0 saturated heterocycles. The van der Waals surface area contributed by atoms with Gasteiger partial charge in [0, 0.05) is 29.2 Å². The minimum absolute atomic E-state index is 0.372. The molecule has 0 unspecified atom stereocenters. The Morgan fingerprint density at radius 2 is 1.79 bits per heavy atom. The second-order valence-corrected chi connectivity index (χ2v) is 5.12. The van der Waals surface area contributed by atoms with Crippen LogP contribution in [0.1, 0.15) is 15.9 Å². The van der Waals surface area contributed by atoms with Gasteiger partial charge in [-0.3, -0.25) is 0 Å². The number of aromatic nitrogens is 1. The van der Waals surface area contributed by atoms with Gasteiger partial charge >= 0.3 is 5.97 Å². The number of esters is 1. The maximum atomic E-state index is 14.0. The molecule has 2 aromatic carbocycles. The van der Waals surface area contributed by atoms with E-state index in [9.17, 15) is 14.4 Å². The van der Waals surface area contributed by atoms with Crippen molar-refractivity contribution >= 4 is 5.97 Å². The molecule has 0 aliphatic rings. The monoisotopic (exact) mass is 320 g/mol. The molecule has 5 heteroatoms. The highest BCUT2D eigenvalue weighted by Crippen LogP contribution is 2.28. The molecule has 3 aromatic rings. The van der Waals surface area contributed by atoms with Crippen molar-refractivity contribution in [1.29, 1.82) is 5.26 Å². The van der Waals surface area contributed by atoms with E-state index in [1.807, 2.05) is 0 Å². The van der Waals surface area contributed by atoms with E-state index in [-0.39, 0.29) is 5.82 Å². The number of ether oxygens (including phenoxy) is 1. The topological polar surface area (TPSA) is 55.0 Å². The first-order valence-electron chi connectivity index (χ1n) is 7.20. The van der Waals surface area contributed by atoms with E-state index in [0.29, 0.717) is 22.3 Å². The Labute approximate surface area is 138 Å². The van der Waals surface area contributed by atoms with E-state index in [0.717, 1.165) is 5.69 Å². The lowest BCUT2D eigenvalue weighted by Crippen LogP contribution is -2.01. The summed E-state index contributed by atoms with van der Waals surface area (Å²) in [6, 6.07) is 15.2. The minimum atomic E-state index is -0.418. The number of hydrogen-bond donors (Lipinski definition) is 0. The van der Waals surface area contributed by atoms with Crippen LogP contribution in [0, 0.1) is 17.1 Å². The highest BCUT2D eigenvalue weighted by molar-refractivity contribution is 5.89. The van der Waals surface area contributed by atoms with Gasteiger partial charge in [-0.15, -0.1) is 0 Å². The van der Waals surface area contributed by atoms with Crippen LogP contribution < -0.4 is 0 Å². The highest BCUT2D eigenvalue weighted by Gasteiger charge is 2.13. The lowest BCUT2D eigenvalue weighted by molar-refractivity contribution is 0.0600. The molecule has 0 spiro atoms. The average molecular weight is 320 g/mol. The summed E-state index contributed by atoms with van der Waals surface area (Å²) in [6.45, 7) is 0. The molecule has 1 aromatic heterocycles. The molecule has 0 radical (unpaired) electrons. The van der Waals surface area contributed by atoms with Crippen molar-refractivity contribution in [2.45, 2.75) is 0 Å². The first-order valence-corrected chi connectivity index (χ1v) is 7.20. The second kappa shape index (κ2) is 6.39. The smallest absolute Gasteiger partial charge is 0.337 e. The number of halogens is 1. The van der Waals surface area contributed by atoms with E-state index in [4.69, 9.17) is 0 Å². The third-order valence-electron chi connectivity index (χ3n) is 3.70. The molecule has 1 heterocycles. The van der Waals surface area contributed by atoms with Crippen molar-refractivity contribution in [2.24, 2.45) is 0 Å². The van der Waals surface area contributed by atoms with Crippen LogP contribution in [0.5, 0.6) is 0 Å². The zero-order valence-corrected chi connectivity index (χ0v) is 12.9. The fourth-order valence-corrected chi connectivity index (χ4v) is 2.47. The van der Waals surface area contributed by atoms with Crippen LogP contribution in [0.15, 0.2) is 60.9 Å². The van der Waals surface area contributed by atoms with Crippen LogP contribution in [0.2, 0.25) is 0 Å². The quantitative estimate of drug-likeness (QED) is 0.687. The van der Waals surface area contributed by atoms with E-state index in [1.54, 1.807) is 59.4 Å². The van der Waals surface area contributed by atoms with Gasteiger partial charge in [0.1, 0.15) is 11.9 Å². The summed E-state index contributed by atoms with van der Waals surface area (Å²) in [5.74, 6) is -0.799. The molecule has 0 saturated carbocycles. The Bertz CT molecular complexity index is 937. The summed E-state index contributed by atoms with van der Waals surface area (Å²) < 4.78 is 20.4. The van der Waals surface area contributed by atoms with E-state index >= 15 is 0 Å². The van der Waals surface area contributed by atoms with Gasteiger partial charge in [0.25, 0.3) is 0 Å². The summed E-state index contributed by atoms with van der Waals surface area (Å²) in [7, 11) is 1.32. The molecule has 3 rings (SSSR count). The summed E-state index contributed by atoms with van der Waals surface area (Å²) >= 11 is 0. The molecule has 0 bridgehead atoms. The van der Waals surface area contributed by atoms with Crippen molar-refractivity contribution in [3.8, 4) is 22.9 Å². The molecule has 0 N–H and O–H groups in total. The molecule has 0 aliphatic carbocycles. The zero-order valence-electron chi connectivity index (χ0n) is 12.9. The van der Waals surface area contributed by atoms with Crippen LogP contribution in [-0.2, 0) is 4.74 Å². The number of methoxy groups -OCH3 is 1. The van der Waals surface area contributed by atoms with Crippen molar-refractivity contribution in [2.75, 3.05) is 7.11 Å². The second-order valence-electron chi connectivity index (χ2n) is 5.12. The number of benzene rings is 2. The Morgan fingerprint density at radius 1 is 1.08 bits per heavy atom. The maximum absolute atomic E-state index is 14.0. The Balaban J connectivity index is 2.03. The Kier molecular flexibility index (Phi) is 4.13. The van der Waals surface area contributed by atoms with Gasteiger partial charge in [0.2, 0.25) is 0 Å². The number of carbonyl (C=O) groups is 1. The molecular formula is C19H13FN2O2. The Morgan fingerprint density at radius 3 is 2.42 bits per heavy atom. The van der Waals surface area contributed by atoms with Gasteiger partial charge in [-0.1, -0.05) is 18.2 Å². The van der Waals surface area contributed by atoms with Crippen molar-refractivity contribution in [1.82, 2.24) is 4.57 Å². The van der Waals surface area contributed by atoms with Crippen molar-refractivity contribution in [3.63, 3.8) is 0 Å². The first kappa shape index (κ1) is 15.5. The van der Waals surface area contributed by atoms with Gasteiger partial charge < -0.3 is 9.30 Å². The third kappa shape index (κ3) is 2.77. The van der Waals surface area contributed by atoms with Crippen LogP contribution in [-0.4, -0.2) is 17.6 Å². The number of carbonyl (C=O) groups excluding carboxylic acids is 1. The summed E-state index contributed by atoms with van der Waals surface area (Å²) in [5, 5.41) is 9.33. The number of rotatable bonds is 3. The van der Waals surface area contributed by atoms with Crippen LogP contribution in [0.25, 0.3) is 16.8 Å². The van der Waals surface area contributed by atoms with E-state index in [2.05, 4.69) is 10.8 Å². The van der Waals surface area contributed by atoms with Gasteiger partial charge in [-0.25, -0.2) is 9.18 Å². The predicted octanol–water partition coefficient (Wildman–Crippen LogP) is 3.94. The van der Waals surface area contributed by atoms with Gasteiger partial charge in [-0.2, -0.15) is 5.26 Å². The fourth-order valence-electron chi connectivity index (χ4n) is 2.47. The number of nitriles is 1. The van der Waals surface area contributed by atoms with Gasteiger partial charge in [0.15, 0.2) is 0 Å². The molecule has 118 valence electrons. The summed E-state index contributed by atoms with van der Waals surface area (Å²) in [4.78, 5) is 11.5. The highest BCUT2D eigenvalue weighted by atomic mass is 19.1. The molecule has 4 nitrogen and oxygen atoms in total.